The molecule has 2 aliphatic rings. The number of likely N-dealkylation sites (tertiary alicyclic amines) is 1. The van der Waals surface area contributed by atoms with Crippen molar-refractivity contribution in [1.29, 1.82) is 5.26 Å². The molecule has 1 aromatic carbocycles. The zero-order chi connectivity index (χ0) is 21.0. The van der Waals surface area contributed by atoms with Gasteiger partial charge in [-0.15, -0.1) is 0 Å². The third-order valence-electron chi connectivity index (χ3n) is 5.08. The fraction of sp³-hybridized carbons (Fsp3) is 0.381. The highest BCUT2D eigenvalue weighted by Gasteiger charge is 2.47. The van der Waals surface area contributed by atoms with Gasteiger partial charge in [-0.1, -0.05) is 18.2 Å². The van der Waals surface area contributed by atoms with Crippen LogP contribution in [0.3, 0.4) is 0 Å². The molecule has 3 amide bonds. The van der Waals surface area contributed by atoms with Crippen LogP contribution in [0.4, 0.5) is 5.69 Å². The summed E-state index contributed by atoms with van der Waals surface area (Å²) in [6.07, 6.45) is 3.64. The van der Waals surface area contributed by atoms with Gasteiger partial charge in [0.15, 0.2) is 6.10 Å². The minimum Gasteiger partial charge on any atom is -0.452 e. The van der Waals surface area contributed by atoms with Crippen molar-refractivity contribution in [2.24, 2.45) is 11.8 Å². The molecule has 0 bridgehead atoms. The first-order valence-electron chi connectivity index (χ1n) is 9.41. The highest BCUT2D eigenvalue weighted by Crippen LogP contribution is 2.35. The molecule has 0 aromatic heterocycles. The summed E-state index contributed by atoms with van der Waals surface area (Å²) in [7, 11) is 0. The van der Waals surface area contributed by atoms with Crippen molar-refractivity contribution in [3.63, 3.8) is 0 Å². The van der Waals surface area contributed by atoms with Crippen LogP contribution in [0.1, 0.15) is 31.7 Å². The monoisotopic (exact) mass is 395 g/mol. The number of allylic oxidation sites excluding steroid dienone is 2. The van der Waals surface area contributed by atoms with Gasteiger partial charge in [0.1, 0.15) is 0 Å². The molecule has 0 unspecified atom stereocenters. The number of fused-ring (bicyclic) bond motifs is 1. The van der Waals surface area contributed by atoms with Gasteiger partial charge in [0.05, 0.1) is 29.9 Å². The van der Waals surface area contributed by atoms with Crippen LogP contribution >= 0.6 is 0 Å². The summed E-state index contributed by atoms with van der Waals surface area (Å²) in [5.41, 5.74) is 0.810. The molecule has 1 heterocycles. The lowest BCUT2D eigenvalue weighted by atomic mass is 9.85. The molecular formula is C21H21N3O5. The van der Waals surface area contributed by atoms with Gasteiger partial charge in [0.2, 0.25) is 11.8 Å². The standard InChI is InChI=1S/C21H21N3O5/c1-13(19(26)23-15-6-4-5-14(11-15)12-22)29-18(25)9-10-24-20(27)16-7-2-3-8-17(16)21(24)28/h2-6,11,13,16-17H,7-10H2,1H3,(H,23,26)/t13-,16-,17+/m1/s1. The first kappa shape index (κ1) is 20.3. The van der Waals surface area contributed by atoms with Crippen LogP contribution < -0.4 is 5.32 Å². The molecular weight excluding hydrogens is 374 g/mol. The minimum atomic E-state index is -1.06. The quantitative estimate of drug-likeness (QED) is 0.446. The van der Waals surface area contributed by atoms with E-state index in [1.165, 1.54) is 13.0 Å². The van der Waals surface area contributed by atoms with Crippen molar-refractivity contribution in [3.8, 4) is 6.07 Å². The van der Waals surface area contributed by atoms with Crippen LogP contribution in [0.2, 0.25) is 0 Å². The number of carbonyl (C=O) groups is 4. The summed E-state index contributed by atoms with van der Waals surface area (Å²) < 4.78 is 5.11. The van der Waals surface area contributed by atoms with Crippen LogP contribution in [-0.4, -0.2) is 41.2 Å². The largest absolute Gasteiger partial charge is 0.452 e. The van der Waals surface area contributed by atoms with Crippen LogP contribution in [0, 0.1) is 23.2 Å². The molecule has 3 atom stereocenters. The Kier molecular flexibility index (Phi) is 6.07. The fourth-order valence-corrected chi connectivity index (χ4v) is 3.51. The average Bonchev–Trinajstić information content (AvgIpc) is 2.97. The Morgan fingerprint density at radius 2 is 1.90 bits per heavy atom. The third kappa shape index (κ3) is 4.51. The molecule has 8 heteroatoms. The number of amides is 3. The van der Waals surface area contributed by atoms with E-state index in [4.69, 9.17) is 10.00 Å². The molecule has 29 heavy (non-hydrogen) atoms. The first-order valence-corrected chi connectivity index (χ1v) is 9.41. The lowest BCUT2D eigenvalue weighted by molar-refractivity contribution is -0.154. The van der Waals surface area contributed by atoms with E-state index in [1.54, 1.807) is 18.2 Å². The van der Waals surface area contributed by atoms with Crippen LogP contribution in [-0.2, 0) is 23.9 Å². The molecule has 1 saturated heterocycles. The van der Waals surface area contributed by atoms with Crippen molar-refractivity contribution in [3.05, 3.63) is 42.0 Å². The number of nitrogens with zero attached hydrogens (tertiary/aromatic N) is 2. The number of hydrogen-bond donors (Lipinski definition) is 1. The minimum absolute atomic E-state index is 0.0535. The maximum atomic E-state index is 12.4. The molecule has 1 fully saturated rings. The van der Waals surface area contributed by atoms with Crippen molar-refractivity contribution in [1.82, 2.24) is 4.90 Å². The molecule has 0 saturated carbocycles. The molecule has 1 aliphatic carbocycles. The zero-order valence-corrected chi connectivity index (χ0v) is 16.0. The third-order valence-corrected chi connectivity index (χ3v) is 5.08. The van der Waals surface area contributed by atoms with Gasteiger partial charge in [0.25, 0.3) is 5.91 Å². The normalized spacial score (nSPS) is 21.3. The Labute approximate surface area is 168 Å². The number of anilines is 1. The SMILES string of the molecule is C[C@@H](OC(=O)CCN1C(=O)[C@H]2CC=CC[C@H]2C1=O)C(=O)Nc1cccc(C#N)c1. The number of nitrogens with one attached hydrogen (secondary N) is 1. The number of benzene rings is 1. The van der Waals surface area contributed by atoms with Crippen molar-refractivity contribution in [2.75, 3.05) is 11.9 Å². The van der Waals surface area contributed by atoms with E-state index in [-0.39, 0.29) is 36.6 Å². The maximum absolute atomic E-state index is 12.4. The predicted octanol–water partition coefficient (Wildman–Crippen LogP) is 1.77. The van der Waals surface area contributed by atoms with Crippen LogP contribution in [0.5, 0.6) is 0 Å². The van der Waals surface area contributed by atoms with Gasteiger partial charge >= 0.3 is 5.97 Å². The lowest BCUT2D eigenvalue weighted by Gasteiger charge is -2.16. The number of rotatable bonds is 6. The van der Waals surface area contributed by atoms with E-state index in [0.29, 0.717) is 24.1 Å². The Morgan fingerprint density at radius 1 is 1.24 bits per heavy atom. The van der Waals surface area contributed by atoms with Gasteiger partial charge in [-0.25, -0.2) is 0 Å². The van der Waals surface area contributed by atoms with Crippen molar-refractivity contribution in [2.45, 2.75) is 32.3 Å². The Hall–Kier alpha value is -3.47. The van der Waals surface area contributed by atoms with E-state index in [2.05, 4.69) is 5.32 Å². The summed E-state index contributed by atoms with van der Waals surface area (Å²) in [6, 6.07) is 8.32. The van der Waals surface area contributed by atoms with Gasteiger partial charge < -0.3 is 10.1 Å². The molecule has 8 nitrogen and oxygen atoms in total. The number of hydrogen-bond acceptors (Lipinski definition) is 6. The molecule has 0 radical (unpaired) electrons. The molecule has 1 N–H and O–H groups in total. The van der Waals surface area contributed by atoms with Gasteiger partial charge in [-0.3, -0.25) is 24.1 Å². The number of ether oxygens (including phenoxy) is 1. The highest BCUT2D eigenvalue weighted by molar-refractivity contribution is 6.05. The zero-order valence-electron chi connectivity index (χ0n) is 16.0. The van der Waals surface area contributed by atoms with Gasteiger partial charge in [0, 0.05) is 12.2 Å². The smallest absolute Gasteiger partial charge is 0.308 e. The highest BCUT2D eigenvalue weighted by atomic mass is 16.5. The summed E-state index contributed by atoms with van der Waals surface area (Å²) >= 11 is 0. The van der Waals surface area contributed by atoms with Crippen LogP contribution in [0.25, 0.3) is 0 Å². The topological polar surface area (TPSA) is 117 Å². The first-order chi connectivity index (χ1) is 13.9. The van der Waals surface area contributed by atoms with Gasteiger partial charge in [-0.05, 0) is 38.0 Å². The number of imide groups is 1. The number of nitriles is 1. The summed E-state index contributed by atoms with van der Waals surface area (Å²) in [5, 5.41) is 11.5. The van der Waals surface area contributed by atoms with Crippen molar-refractivity contribution < 1.29 is 23.9 Å². The second-order valence-corrected chi connectivity index (χ2v) is 7.05. The molecule has 1 aliphatic heterocycles. The van der Waals surface area contributed by atoms with E-state index >= 15 is 0 Å². The van der Waals surface area contributed by atoms with E-state index in [9.17, 15) is 19.2 Å². The van der Waals surface area contributed by atoms with E-state index < -0.39 is 18.0 Å². The summed E-state index contributed by atoms with van der Waals surface area (Å²) in [5.74, 6) is -2.39. The Balaban J connectivity index is 1.49. The Morgan fingerprint density at radius 3 is 2.52 bits per heavy atom. The van der Waals surface area contributed by atoms with E-state index in [1.807, 2.05) is 18.2 Å². The summed E-state index contributed by atoms with van der Waals surface area (Å²) in [6.45, 7) is 1.37. The number of esters is 1. The van der Waals surface area contributed by atoms with Crippen molar-refractivity contribution >= 4 is 29.4 Å². The van der Waals surface area contributed by atoms with Gasteiger partial charge in [-0.2, -0.15) is 5.26 Å². The van der Waals surface area contributed by atoms with E-state index in [0.717, 1.165) is 4.90 Å². The number of carbonyl (C=O) groups excluding carboxylic acids is 4. The maximum Gasteiger partial charge on any atom is 0.308 e. The summed E-state index contributed by atoms with van der Waals surface area (Å²) in [4.78, 5) is 50.2. The fourth-order valence-electron chi connectivity index (χ4n) is 3.51. The molecule has 0 spiro atoms. The predicted molar refractivity (Wildman–Crippen MR) is 102 cm³/mol. The molecule has 3 rings (SSSR count). The molecule has 150 valence electrons. The van der Waals surface area contributed by atoms with Crippen LogP contribution in [0.15, 0.2) is 36.4 Å². The lowest BCUT2D eigenvalue weighted by Crippen LogP contribution is -2.35. The molecule has 1 aromatic rings. The second kappa shape index (κ2) is 8.69. The Bertz CT molecular complexity index is 891. The second-order valence-electron chi connectivity index (χ2n) is 7.05. The average molecular weight is 395 g/mol.